The van der Waals surface area contributed by atoms with Crippen LogP contribution in [0.3, 0.4) is 0 Å². The number of benzene rings is 1. The van der Waals surface area contributed by atoms with Crippen LogP contribution in [0.5, 0.6) is 11.6 Å². The van der Waals surface area contributed by atoms with Gasteiger partial charge in [0.15, 0.2) is 0 Å². The van der Waals surface area contributed by atoms with Crippen molar-refractivity contribution < 1.29 is 27.4 Å². The van der Waals surface area contributed by atoms with E-state index in [1.165, 1.54) is 7.11 Å². The fraction of sp³-hybridized carbons (Fsp3) is 0.188. The van der Waals surface area contributed by atoms with Crippen LogP contribution >= 0.6 is 11.6 Å². The lowest BCUT2D eigenvalue weighted by Crippen LogP contribution is -2.18. The summed E-state index contributed by atoms with van der Waals surface area (Å²) < 4.78 is 47.6. The standard InChI is InChI=1S/C16H13ClF3N3O3/c1-9(22-23-15(24)25-2)10-3-5-12(6-4-10)26-14-13(17)7-11(8-21-14)16(18,19)20/h3-8H,1-2H3,(H,23,24). The van der Waals surface area contributed by atoms with Crippen molar-refractivity contribution in [3.05, 3.63) is 52.7 Å². The van der Waals surface area contributed by atoms with E-state index in [9.17, 15) is 18.0 Å². The Labute approximate surface area is 151 Å². The maximum absolute atomic E-state index is 12.6. The van der Waals surface area contributed by atoms with E-state index in [1.54, 1.807) is 31.2 Å². The molecule has 0 aliphatic carbocycles. The molecule has 0 radical (unpaired) electrons. The van der Waals surface area contributed by atoms with Crippen molar-refractivity contribution in [1.82, 2.24) is 10.4 Å². The Morgan fingerprint density at radius 3 is 2.46 bits per heavy atom. The van der Waals surface area contributed by atoms with E-state index in [0.29, 0.717) is 23.2 Å². The van der Waals surface area contributed by atoms with Crippen LogP contribution in [0.2, 0.25) is 5.02 Å². The molecule has 0 saturated heterocycles. The van der Waals surface area contributed by atoms with E-state index in [0.717, 1.165) is 6.07 Å². The molecule has 138 valence electrons. The highest BCUT2D eigenvalue weighted by atomic mass is 35.5. The zero-order chi connectivity index (χ0) is 19.3. The number of hydrogen-bond donors (Lipinski definition) is 1. The first-order valence-electron chi connectivity index (χ1n) is 7.10. The topological polar surface area (TPSA) is 72.8 Å². The van der Waals surface area contributed by atoms with Crippen molar-refractivity contribution in [2.75, 3.05) is 7.11 Å². The van der Waals surface area contributed by atoms with E-state index < -0.39 is 17.8 Å². The minimum absolute atomic E-state index is 0.148. The van der Waals surface area contributed by atoms with Gasteiger partial charge >= 0.3 is 12.3 Å². The summed E-state index contributed by atoms with van der Waals surface area (Å²) in [5.74, 6) is 0.168. The van der Waals surface area contributed by atoms with Gasteiger partial charge in [-0.1, -0.05) is 11.6 Å². The number of carbonyl (C=O) groups is 1. The molecule has 2 rings (SSSR count). The van der Waals surface area contributed by atoms with Crippen molar-refractivity contribution in [3.8, 4) is 11.6 Å². The minimum atomic E-state index is -4.54. The molecule has 6 nitrogen and oxygen atoms in total. The van der Waals surface area contributed by atoms with E-state index in [4.69, 9.17) is 16.3 Å². The predicted molar refractivity (Wildman–Crippen MR) is 88.5 cm³/mol. The number of nitrogens with zero attached hydrogens (tertiary/aromatic N) is 2. The van der Waals surface area contributed by atoms with Crippen LogP contribution in [0.25, 0.3) is 0 Å². The average molecular weight is 388 g/mol. The van der Waals surface area contributed by atoms with Gasteiger partial charge in [0, 0.05) is 6.20 Å². The van der Waals surface area contributed by atoms with Gasteiger partial charge in [-0.2, -0.15) is 18.3 Å². The van der Waals surface area contributed by atoms with Crippen LogP contribution in [-0.4, -0.2) is 23.9 Å². The molecule has 0 aliphatic heterocycles. The molecule has 1 amide bonds. The first-order chi connectivity index (χ1) is 12.2. The van der Waals surface area contributed by atoms with Crippen LogP contribution in [0.1, 0.15) is 18.1 Å². The van der Waals surface area contributed by atoms with Crippen LogP contribution in [0, 0.1) is 0 Å². The Bertz CT molecular complexity index is 824. The molecule has 1 N–H and O–H groups in total. The largest absolute Gasteiger partial charge is 0.452 e. The molecule has 1 aromatic carbocycles. The summed E-state index contributed by atoms with van der Waals surface area (Å²) in [5, 5.41) is 3.58. The fourth-order valence-electron chi connectivity index (χ4n) is 1.77. The van der Waals surface area contributed by atoms with E-state index in [-0.39, 0.29) is 10.9 Å². The number of ether oxygens (including phenoxy) is 2. The molecular formula is C16H13ClF3N3O3. The SMILES string of the molecule is COC(=O)NN=C(C)c1ccc(Oc2ncc(C(F)(F)F)cc2Cl)cc1. The van der Waals surface area contributed by atoms with Crippen LogP contribution in [0.15, 0.2) is 41.6 Å². The third-order valence-electron chi connectivity index (χ3n) is 3.12. The number of halogens is 4. The molecule has 0 saturated carbocycles. The van der Waals surface area contributed by atoms with Crippen LogP contribution in [0.4, 0.5) is 18.0 Å². The smallest absolute Gasteiger partial charge is 0.427 e. The maximum Gasteiger partial charge on any atom is 0.427 e. The first kappa shape index (κ1) is 19.5. The van der Waals surface area contributed by atoms with Gasteiger partial charge in [-0.05, 0) is 42.8 Å². The van der Waals surface area contributed by atoms with Crippen LogP contribution < -0.4 is 10.2 Å². The predicted octanol–water partition coefficient (Wildman–Crippen LogP) is 4.63. The molecule has 0 aliphatic rings. The number of methoxy groups -OCH3 is 1. The zero-order valence-electron chi connectivity index (χ0n) is 13.6. The molecule has 0 atom stereocenters. The molecular weight excluding hydrogens is 375 g/mol. The number of amides is 1. The highest BCUT2D eigenvalue weighted by molar-refractivity contribution is 6.31. The van der Waals surface area contributed by atoms with Gasteiger partial charge < -0.3 is 9.47 Å². The molecule has 1 aromatic heterocycles. The van der Waals surface area contributed by atoms with Gasteiger partial charge in [0.2, 0.25) is 5.88 Å². The van der Waals surface area contributed by atoms with Crippen molar-refractivity contribution in [3.63, 3.8) is 0 Å². The summed E-state index contributed by atoms with van der Waals surface area (Å²) in [7, 11) is 1.22. The number of nitrogens with one attached hydrogen (secondary N) is 1. The van der Waals surface area contributed by atoms with E-state index in [2.05, 4.69) is 20.2 Å². The summed E-state index contributed by atoms with van der Waals surface area (Å²) >= 11 is 5.79. The first-order valence-corrected chi connectivity index (χ1v) is 7.48. The molecule has 26 heavy (non-hydrogen) atoms. The van der Waals surface area contributed by atoms with Crippen molar-refractivity contribution >= 4 is 23.4 Å². The zero-order valence-corrected chi connectivity index (χ0v) is 14.4. The third-order valence-corrected chi connectivity index (χ3v) is 3.39. The Kier molecular flexibility index (Phi) is 6.04. The second kappa shape index (κ2) is 8.05. The lowest BCUT2D eigenvalue weighted by atomic mass is 10.1. The Morgan fingerprint density at radius 1 is 1.27 bits per heavy atom. The van der Waals surface area contributed by atoms with Gasteiger partial charge in [-0.25, -0.2) is 15.2 Å². The molecule has 10 heteroatoms. The Morgan fingerprint density at radius 2 is 1.92 bits per heavy atom. The van der Waals surface area contributed by atoms with Gasteiger partial charge in [0.05, 0.1) is 18.4 Å². The molecule has 0 spiro atoms. The molecule has 0 fully saturated rings. The van der Waals surface area contributed by atoms with E-state index in [1.807, 2.05) is 0 Å². The summed E-state index contributed by atoms with van der Waals surface area (Å²) in [6, 6.07) is 7.15. The fourth-order valence-corrected chi connectivity index (χ4v) is 1.98. The Hall–Kier alpha value is -2.81. The minimum Gasteiger partial charge on any atom is -0.452 e. The molecule has 0 bridgehead atoms. The van der Waals surface area contributed by atoms with Gasteiger partial charge in [-0.3, -0.25) is 0 Å². The summed E-state index contributed by atoms with van der Waals surface area (Å²) in [4.78, 5) is 14.6. The average Bonchev–Trinajstić information content (AvgIpc) is 2.60. The van der Waals surface area contributed by atoms with Gasteiger partial charge in [0.25, 0.3) is 0 Å². The van der Waals surface area contributed by atoms with Gasteiger partial charge in [0.1, 0.15) is 10.8 Å². The lowest BCUT2D eigenvalue weighted by molar-refractivity contribution is -0.137. The summed E-state index contributed by atoms with van der Waals surface area (Å²) in [5.41, 5.74) is 2.41. The number of hydrogen-bond acceptors (Lipinski definition) is 5. The van der Waals surface area contributed by atoms with Crippen molar-refractivity contribution in [2.45, 2.75) is 13.1 Å². The molecule has 1 heterocycles. The number of rotatable bonds is 4. The highest BCUT2D eigenvalue weighted by Crippen LogP contribution is 2.34. The third kappa shape index (κ3) is 5.09. The normalized spacial score (nSPS) is 11.8. The maximum atomic E-state index is 12.6. The summed E-state index contributed by atoms with van der Waals surface area (Å²) in [6.45, 7) is 1.67. The number of hydrazone groups is 1. The number of aromatic nitrogens is 1. The second-order valence-electron chi connectivity index (χ2n) is 4.94. The molecule has 2 aromatic rings. The van der Waals surface area contributed by atoms with Crippen molar-refractivity contribution in [1.29, 1.82) is 0 Å². The monoisotopic (exact) mass is 387 g/mol. The summed E-state index contributed by atoms with van der Waals surface area (Å²) in [6.07, 6.45) is -4.59. The highest BCUT2D eigenvalue weighted by Gasteiger charge is 2.31. The van der Waals surface area contributed by atoms with E-state index >= 15 is 0 Å². The van der Waals surface area contributed by atoms with Crippen molar-refractivity contribution in [2.24, 2.45) is 5.10 Å². The Balaban J connectivity index is 2.11. The quantitative estimate of drug-likeness (QED) is 0.613. The van der Waals surface area contributed by atoms with Gasteiger partial charge in [-0.15, -0.1) is 0 Å². The molecule has 0 unspecified atom stereocenters. The number of alkyl halides is 3. The number of carbonyl (C=O) groups excluding carboxylic acids is 1. The van der Waals surface area contributed by atoms with Crippen LogP contribution in [-0.2, 0) is 10.9 Å². The lowest BCUT2D eigenvalue weighted by Gasteiger charge is -2.10. The second-order valence-corrected chi connectivity index (χ2v) is 5.34. The number of pyridine rings is 1.